The summed E-state index contributed by atoms with van der Waals surface area (Å²) in [6.45, 7) is 4.44. The van der Waals surface area contributed by atoms with Crippen LogP contribution in [0.3, 0.4) is 0 Å². The Balaban J connectivity index is 3.26. The summed E-state index contributed by atoms with van der Waals surface area (Å²) in [7, 11) is 0. The van der Waals surface area contributed by atoms with Crippen LogP contribution in [0, 0.1) is 21.5 Å². The zero-order valence-electron chi connectivity index (χ0n) is 10.1. The van der Waals surface area contributed by atoms with Gasteiger partial charge in [0.05, 0.1) is 0 Å². The summed E-state index contributed by atoms with van der Waals surface area (Å²) in [4.78, 5) is 6.35. The third-order valence-electron chi connectivity index (χ3n) is 2.06. The molecule has 0 aliphatic heterocycles. The van der Waals surface area contributed by atoms with Crippen molar-refractivity contribution in [3.05, 3.63) is 0 Å². The number of hydrogen-bond donors (Lipinski definition) is 0. The number of hydrogen-bond acceptors (Lipinski definition) is 0. The number of unbranched alkanes of at least 4 members (excludes halogenated alkanes) is 6. The van der Waals surface area contributed by atoms with Crippen LogP contribution in [0.25, 0.3) is 0 Å². The van der Waals surface area contributed by atoms with Gasteiger partial charge in [0.2, 0.25) is 0 Å². The van der Waals surface area contributed by atoms with Gasteiger partial charge in [0.15, 0.2) is 0 Å². The maximum atomic E-state index is 3.20. The molecule has 0 aliphatic rings. The van der Waals surface area contributed by atoms with Gasteiger partial charge in [-0.1, -0.05) is 0 Å². The molecule has 0 radical (unpaired) electrons. The first-order valence-corrected chi connectivity index (χ1v) is 7.74. The van der Waals surface area contributed by atoms with E-state index in [0.717, 1.165) is 12.8 Å². The van der Waals surface area contributed by atoms with Gasteiger partial charge in [-0.15, -0.1) is 0 Å². The SMILES string of the molecule is CCCCCC#C[Se]C#CCCCCC. The molecule has 15 heavy (non-hydrogen) atoms. The van der Waals surface area contributed by atoms with Crippen LogP contribution in [-0.2, 0) is 0 Å². The van der Waals surface area contributed by atoms with Gasteiger partial charge in [-0.3, -0.25) is 0 Å². The van der Waals surface area contributed by atoms with Gasteiger partial charge in [-0.2, -0.15) is 0 Å². The fraction of sp³-hybridized carbons (Fsp3) is 0.714. The summed E-state index contributed by atoms with van der Waals surface area (Å²) < 4.78 is 0. The Morgan fingerprint density at radius 2 is 1.20 bits per heavy atom. The summed E-state index contributed by atoms with van der Waals surface area (Å²) >= 11 is 0.248. The van der Waals surface area contributed by atoms with Crippen LogP contribution < -0.4 is 0 Å². The molecular formula is C14H22Se. The molecule has 0 saturated heterocycles. The van der Waals surface area contributed by atoms with E-state index in [-0.39, 0.29) is 15.0 Å². The van der Waals surface area contributed by atoms with Crippen LogP contribution >= 0.6 is 0 Å². The van der Waals surface area contributed by atoms with Crippen LogP contribution in [0.2, 0.25) is 0 Å². The van der Waals surface area contributed by atoms with Crippen LogP contribution in [0.1, 0.15) is 65.2 Å². The summed E-state index contributed by atoms with van der Waals surface area (Å²) in [5, 5.41) is 0. The standard InChI is InChI=1S/C14H22Se/c1-3-5-7-9-11-13-15-14-12-10-8-6-4-2/h3-10H2,1-2H3. The monoisotopic (exact) mass is 270 g/mol. The maximum absolute atomic E-state index is 3.20. The quantitative estimate of drug-likeness (QED) is 0.391. The second-order valence-electron chi connectivity index (χ2n) is 3.57. The van der Waals surface area contributed by atoms with Crippen molar-refractivity contribution in [2.45, 2.75) is 65.2 Å². The molecule has 0 spiro atoms. The van der Waals surface area contributed by atoms with Gasteiger partial charge in [0.1, 0.15) is 0 Å². The fourth-order valence-electron chi connectivity index (χ4n) is 1.13. The molecule has 0 bridgehead atoms. The molecule has 0 fully saturated rings. The van der Waals surface area contributed by atoms with Crippen LogP contribution in [0.15, 0.2) is 0 Å². The third-order valence-corrected chi connectivity index (χ3v) is 3.09. The Labute approximate surface area is 102 Å². The second-order valence-corrected chi connectivity index (χ2v) is 4.86. The molecule has 0 aromatic heterocycles. The average molecular weight is 269 g/mol. The molecule has 0 amide bonds. The van der Waals surface area contributed by atoms with Crippen molar-refractivity contribution in [2.75, 3.05) is 0 Å². The second kappa shape index (κ2) is 13.6. The summed E-state index contributed by atoms with van der Waals surface area (Å²) in [6.07, 6.45) is 9.82. The van der Waals surface area contributed by atoms with E-state index in [1.165, 1.54) is 38.5 Å². The molecule has 1 heteroatoms. The van der Waals surface area contributed by atoms with Gasteiger partial charge in [0, 0.05) is 0 Å². The van der Waals surface area contributed by atoms with E-state index in [1.54, 1.807) is 0 Å². The molecule has 0 rings (SSSR count). The molecule has 0 N–H and O–H groups in total. The van der Waals surface area contributed by atoms with E-state index in [0.29, 0.717) is 0 Å². The predicted octanol–water partition coefficient (Wildman–Crippen LogP) is 3.77. The average Bonchev–Trinajstić information content (AvgIpc) is 2.26. The van der Waals surface area contributed by atoms with Crippen LogP contribution in [-0.4, -0.2) is 15.0 Å². The molecule has 0 saturated carbocycles. The Morgan fingerprint density at radius 3 is 1.60 bits per heavy atom. The first kappa shape index (κ1) is 14.6. The van der Waals surface area contributed by atoms with Crippen molar-refractivity contribution in [2.24, 2.45) is 0 Å². The molecule has 84 valence electrons. The Hall–Kier alpha value is -0.361. The molecule has 0 aliphatic carbocycles. The van der Waals surface area contributed by atoms with Crippen molar-refractivity contribution >= 4 is 15.0 Å². The van der Waals surface area contributed by atoms with Crippen molar-refractivity contribution in [1.82, 2.24) is 0 Å². The van der Waals surface area contributed by atoms with Gasteiger partial charge in [-0.25, -0.2) is 0 Å². The predicted molar refractivity (Wildman–Crippen MR) is 69.6 cm³/mol. The van der Waals surface area contributed by atoms with Gasteiger partial charge in [-0.05, 0) is 0 Å². The molecule has 0 heterocycles. The van der Waals surface area contributed by atoms with E-state index in [1.807, 2.05) is 0 Å². The van der Waals surface area contributed by atoms with Crippen LogP contribution in [0.5, 0.6) is 0 Å². The van der Waals surface area contributed by atoms with Crippen molar-refractivity contribution in [1.29, 1.82) is 0 Å². The van der Waals surface area contributed by atoms with E-state index in [4.69, 9.17) is 0 Å². The zero-order valence-corrected chi connectivity index (χ0v) is 11.8. The van der Waals surface area contributed by atoms with Gasteiger partial charge >= 0.3 is 102 Å². The molecule has 0 aromatic rings. The minimum atomic E-state index is 0.248. The molecule has 0 unspecified atom stereocenters. The summed E-state index contributed by atoms with van der Waals surface area (Å²) in [5.74, 6) is 6.40. The Bertz CT molecular complexity index is 208. The molecule has 0 aromatic carbocycles. The van der Waals surface area contributed by atoms with Crippen molar-refractivity contribution in [3.63, 3.8) is 0 Å². The topological polar surface area (TPSA) is 0 Å². The van der Waals surface area contributed by atoms with E-state index in [2.05, 4.69) is 35.3 Å². The van der Waals surface area contributed by atoms with E-state index < -0.39 is 0 Å². The van der Waals surface area contributed by atoms with Crippen molar-refractivity contribution in [3.8, 4) is 21.5 Å². The first-order valence-electron chi connectivity index (χ1n) is 6.03. The third kappa shape index (κ3) is 13.6. The summed E-state index contributed by atoms with van der Waals surface area (Å²) in [5.41, 5.74) is 0. The molecule has 0 nitrogen and oxygen atoms in total. The van der Waals surface area contributed by atoms with Crippen molar-refractivity contribution < 1.29 is 0 Å². The number of rotatable bonds is 6. The fourth-order valence-corrected chi connectivity index (χ4v) is 1.96. The van der Waals surface area contributed by atoms with Gasteiger partial charge in [0.25, 0.3) is 0 Å². The normalized spacial score (nSPS) is 8.67. The van der Waals surface area contributed by atoms with Crippen LogP contribution in [0.4, 0.5) is 0 Å². The minimum absolute atomic E-state index is 0.248. The van der Waals surface area contributed by atoms with E-state index in [9.17, 15) is 0 Å². The first-order chi connectivity index (χ1) is 7.41. The summed E-state index contributed by atoms with van der Waals surface area (Å²) in [6, 6.07) is 0. The zero-order chi connectivity index (χ0) is 11.2. The molecular weight excluding hydrogens is 247 g/mol. The molecule has 0 atom stereocenters. The van der Waals surface area contributed by atoms with Gasteiger partial charge < -0.3 is 0 Å². The Morgan fingerprint density at radius 1 is 0.733 bits per heavy atom. The Kier molecular flexibility index (Phi) is 13.3. The van der Waals surface area contributed by atoms with E-state index >= 15 is 0 Å².